The highest BCUT2D eigenvalue weighted by atomic mass is 32.2. The lowest BCUT2D eigenvalue weighted by Gasteiger charge is -2.32. The molecule has 2 aromatic carbocycles. The van der Waals surface area contributed by atoms with E-state index in [2.05, 4.69) is 4.72 Å². The van der Waals surface area contributed by atoms with Gasteiger partial charge in [0.2, 0.25) is 10.0 Å². The fourth-order valence-corrected chi connectivity index (χ4v) is 4.29. The van der Waals surface area contributed by atoms with Crippen LogP contribution < -0.4 is 4.72 Å². The average Bonchev–Trinajstić information content (AvgIpc) is 2.63. The second-order valence-electron chi connectivity index (χ2n) is 6.37. The molecule has 5 nitrogen and oxygen atoms in total. The van der Waals surface area contributed by atoms with Gasteiger partial charge in [0.15, 0.2) is 0 Å². The number of rotatable bonds is 4. The Balaban J connectivity index is 1.58. The monoisotopic (exact) mass is 358 g/mol. The van der Waals surface area contributed by atoms with Crippen LogP contribution in [0, 0.1) is 6.92 Å². The van der Waals surface area contributed by atoms with Crippen LogP contribution in [0.5, 0.6) is 0 Å². The van der Waals surface area contributed by atoms with Gasteiger partial charge in [-0.15, -0.1) is 0 Å². The van der Waals surface area contributed by atoms with E-state index in [0.29, 0.717) is 31.5 Å². The van der Waals surface area contributed by atoms with Crippen molar-refractivity contribution in [2.75, 3.05) is 13.1 Å². The predicted octanol–water partition coefficient (Wildman–Crippen LogP) is 2.58. The quantitative estimate of drug-likeness (QED) is 0.913. The van der Waals surface area contributed by atoms with E-state index in [4.69, 9.17) is 0 Å². The van der Waals surface area contributed by atoms with Crippen molar-refractivity contribution < 1.29 is 13.2 Å². The normalized spacial score (nSPS) is 16.0. The van der Waals surface area contributed by atoms with E-state index in [-0.39, 0.29) is 16.8 Å². The summed E-state index contributed by atoms with van der Waals surface area (Å²) in [5.41, 5.74) is 1.79. The molecule has 1 aliphatic rings. The predicted molar refractivity (Wildman–Crippen MR) is 96.9 cm³/mol. The molecule has 25 heavy (non-hydrogen) atoms. The van der Waals surface area contributed by atoms with Crippen LogP contribution in [0.4, 0.5) is 0 Å². The van der Waals surface area contributed by atoms with Crippen LogP contribution in [-0.4, -0.2) is 38.4 Å². The van der Waals surface area contributed by atoms with Crippen LogP contribution in [0.1, 0.15) is 28.8 Å². The van der Waals surface area contributed by atoms with Gasteiger partial charge in [-0.25, -0.2) is 13.1 Å². The zero-order valence-corrected chi connectivity index (χ0v) is 15.0. The maximum absolute atomic E-state index is 12.5. The molecule has 0 spiro atoms. The number of carbonyl (C=O) groups excluding carboxylic acids is 1. The SMILES string of the molecule is Cc1ccc(C(=O)N2CCC(NS(=O)(=O)c3ccccc3)CC2)cc1. The molecule has 0 atom stereocenters. The molecular formula is C19H22N2O3S. The molecule has 132 valence electrons. The van der Waals surface area contributed by atoms with Crippen LogP contribution in [0.2, 0.25) is 0 Å². The van der Waals surface area contributed by atoms with E-state index in [1.165, 1.54) is 0 Å². The first-order valence-electron chi connectivity index (χ1n) is 8.39. The van der Waals surface area contributed by atoms with E-state index < -0.39 is 10.0 Å². The van der Waals surface area contributed by atoms with Gasteiger partial charge in [0.05, 0.1) is 4.90 Å². The van der Waals surface area contributed by atoms with Crippen molar-refractivity contribution >= 4 is 15.9 Å². The average molecular weight is 358 g/mol. The molecule has 0 aliphatic carbocycles. The Bertz CT molecular complexity index is 825. The summed E-state index contributed by atoms with van der Waals surface area (Å²) in [5, 5.41) is 0. The summed E-state index contributed by atoms with van der Waals surface area (Å²) in [5.74, 6) is 0.00404. The summed E-state index contributed by atoms with van der Waals surface area (Å²) in [6.45, 7) is 3.09. The Labute approximate surface area is 148 Å². The number of amides is 1. The van der Waals surface area contributed by atoms with Crippen molar-refractivity contribution in [1.29, 1.82) is 0 Å². The third kappa shape index (κ3) is 4.27. The lowest BCUT2D eigenvalue weighted by Crippen LogP contribution is -2.46. The first-order valence-corrected chi connectivity index (χ1v) is 9.87. The molecule has 1 heterocycles. The smallest absolute Gasteiger partial charge is 0.253 e. The molecule has 1 N–H and O–H groups in total. The molecule has 0 bridgehead atoms. The first kappa shape index (κ1) is 17.6. The number of nitrogens with one attached hydrogen (secondary N) is 1. The molecule has 1 fully saturated rings. The topological polar surface area (TPSA) is 66.5 Å². The van der Waals surface area contributed by atoms with Crippen molar-refractivity contribution in [2.45, 2.75) is 30.7 Å². The second kappa shape index (κ2) is 7.37. The summed E-state index contributed by atoms with van der Waals surface area (Å²) in [4.78, 5) is 14.6. The standard InChI is InChI=1S/C19H22N2O3S/c1-15-7-9-16(10-8-15)19(22)21-13-11-17(12-14-21)20-25(23,24)18-5-3-2-4-6-18/h2-10,17,20H,11-14H2,1H3. The minimum atomic E-state index is -3.51. The van der Waals surface area contributed by atoms with Gasteiger partial charge in [-0.05, 0) is 44.0 Å². The lowest BCUT2D eigenvalue weighted by atomic mass is 10.0. The van der Waals surface area contributed by atoms with Crippen molar-refractivity contribution in [3.05, 3.63) is 65.7 Å². The summed E-state index contributed by atoms with van der Waals surface area (Å²) in [6.07, 6.45) is 1.23. The van der Waals surface area contributed by atoms with Crippen molar-refractivity contribution in [2.24, 2.45) is 0 Å². The van der Waals surface area contributed by atoms with E-state index in [1.54, 1.807) is 35.2 Å². The third-order valence-electron chi connectivity index (χ3n) is 4.46. The van der Waals surface area contributed by atoms with Crippen LogP contribution in [0.25, 0.3) is 0 Å². The van der Waals surface area contributed by atoms with Crippen molar-refractivity contribution in [3.8, 4) is 0 Å². The molecule has 0 saturated carbocycles. The molecule has 0 unspecified atom stereocenters. The van der Waals surface area contributed by atoms with Crippen LogP contribution in [-0.2, 0) is 10.0 Å². The number of benzene rings is 2. The van der Waals surface area contributed by atoms with Crippen molar-refractivity contribution in [1.82, 2.24) is 9.62 Å². The largest absolute Gasteiger partial charge is 0.339 e. The first-order chi connectivity index (χ1) is 12.0. The summed E-state index contributed by atoms with van der Waals surface area (Å²) < 4.78 is 27.5. The van der Waals surface area contributed by atoms with E-state index >= 15 is 0 Å². The Hall–Kier alpha value is -2.18. The van der Waals surface area contributed by atoms with Gasteiger partial charge in [-0.1, -0.05) is 35.9 Å². The fraction of sp³-hybridized carbons (Fsp3) is 0.316. The van der Waals surface area contributed by atoms with Gasteiger partial charge < -0.3 is 4.90 Å². The van der Waals surface area contributed by atoms with E-state index in [1.807, 2.05) is 31.2 Å². The highest BCUT2D eigenvalue weighted by Crippen LogP contribution is 2.17. The van der Waals surface area contributed by atoms with E-state index in [9.17, 15) is 13.2 Å². The fourth-order valence-electron chi connectivity index (χ4n) is 2.97. The number of aryl methyl sites for hydroxylation is 1. The molecule has 0 aromatic heterocycles. The van der Waals surface area contributed by atoms with Gasteiger partial charge in [0.25, 0.3) is 5.91 Å². The molecule has 1 amide bonds. The number of hydrogen-bond acceptors (Lipinski definition) is 3. The summed E-state index contributed by atoms with van der Waals surface area (Å²) >= 11 is 0. The maximum atomic E-state index is 12.5. The Kier molecular flexibility index (Phi) is 5.20. The van der Waals surface area contributed by atoms with Gasteiger partial charge in [0.1, 0.15) is 0 Å². The number of piperidine rings is 1. The Morgan fingerprint density at radius 3 is 2.20 bits per heavy atom. The van der Waals surface area contributed by atoms with Crippen molar-refractivity contribution in [3.63, 3.8) is 0 Å². The number of likely N-dealkylation sites (tertiary alicyclic amines) is 1. The highest BCUT2D eigenvalue weighted by molar-refractivity contribution is 7.89. The highest BCUT2D eigenvalue weighted by Gasteiger charge is 2.27. The molecule has 0 radical (unpaired) electrons. The molecule has 1 saturated heterocycles. The van der Waals surface area contributed by atoms with Gasteiger partial charge in [-0.2, -0.15) is 0 Å². The van der Waals surface area contributed by atoms with E-state index in [0.717, 1.165) is 5.56 Å². The zero-order valence-electron chi connectivity index (χ0n) is 14.2. The minimum Gasteiger partial charge on any atom is -0.339 e. The Morgan fingerprint density at radius 2 is 1.60 bits per heavy atom. The maximum Gasteiger partial charge on any atom is 0.253 e. The minimum absolute atomic E-state index is 0.00404. The van der Waals surface area contributed by atoms with Gasteiger partial charge >= 0.3 is 0 Å². The van der Waals surface area contributed by atoms with Crippen LogP contribution >= 0.6 is 0 Å². The number of nitrogens with zero attached hydrogens (tertiary/aromatic N) is 1. The summed E-state index contributed by atoms with van der Waals surface area (Å²) in [7, 11) is -3.51. The van der Waals surface area contributed by atoms with Crippen LogP contribution in [0.3, 0.4) is 0 Å². The molecular weight excluding hydrogens is 336 g/mol. The molecule has 1 aliphatic heterocycles. The molecule has 6 heteroatoms. The molecule has 3 rings (SSSR count). The van der Waals surface area contributed by atoms with Crippen LogP contribution in [0.15, 0.2) is 59.5 Å². The third-order valence-corrected chi connectivity index (χ3v) is 5.99. The van der Waals surface area contributed by atoms with Gasteiger partial charge in [-0.3, -0.25) is 4.79 Å². The number of sulfonamides is 1. The lowest BCUT2D eigenvalue weighted by molar-refractivity contribution is 0.0711. The molecule has 2 aromatic rings. The zero-order chi connectivity index (χ0) is 17.9. The summed E-state index contributed by atoms with van der Waals surface area (Å²) in [6, 6.07) is 15.7. The van der Waals surface area contributed by atoms with Gasteiger partial charge in [0, 0.05) is 24.7 Å². The Morgan fingerprint density at radius 1 is 1.00 bits per heavy atom. The second-order valence-corrected chi connectivity index (χ2v) is 8.08. The number of carbonyl (C=O) groups is 1. The number of hydrogen-bond donors (Lipinski definition) is 1.